The van der Waals surface area contributed by atoms with Crippen molar-refractivity contribution in [2.75, 3.05) is 18.4 Å². The zero-order valence-electron chi connectivity index (χ0n) is 14.5. The van der Waals surface area contributed by atoms with Crippen LogP contribution in [0.1, 0.15) is 6.42 Å². The number of rotatable bonds is 3. The van der Waals surface area contributed by atoms with Gasteiger partial charge in [0.2, 0.25) is 0 Å². The van der Waals surface area contributed by atoms with E-state index in [9.17, 15) is 5.11 Å². The molecule has 8 heteroatoms. The van der Waals surface area contributed by atoms with Crippen molar-refractivity contribution in [3.63, 3.8) is 0 Å². The summed E-state index contributed by atoms with van der Waals surface area (Å²) in [5.74, 6) is 0.658. The van der Waals surface area contributed by atoms with Crippen LogP contribution in [0.25, 0.3) is 27.8 Å². The van der Waals surface area contributed by atoms with Crippen molar-refractivity contribution in [2.45, 2.75) is 18.6 Å². The number of aliphatic hydroxyl groups is 1. The third-order valence-electron chi connectivity index (χ3n) is 5.00. The Balaban J connectivity index is 1.64. The molecule has 5 rings (SSSR count). The number of H-pyrrole nitrogens is 1. The van der Waals surface area contributed by atoms with E-state index in [-0.39, 0.29) is 12.1 Å². The van der Waals surface area contributed by atoms with Crippen LogP contribution in [0, 0.1) is 0 Å². The van der Waals surface area contributed by atoms with Gasteiger partial charge in [-0.3, -0.25) is 4.40 Å². The molecule has 138 valence electrons. The highest BCUT2D eigenvalue weighted by molar-refractivity contribution is 6.32. The van der Waals surface area contributed by atoms with Gasteiger partial charge < -0.3 is 20.7 Å². The number of fused-ring (bicyclic) bond motifs is 2. The average molecular weight is 383 g/mol. The molecule has 0 spiro atoms. The van der Waals surface area contributed by atoms with E-state index in [2.05, 4.69) is 20.6 Å². The standard InChI is InChI=1S/C19H19ClN6O/c20-17-16(14-10-23-15-4-2-1-3-13(14)15)25-18(19-22-5-6-26(17)19)24-11-7-12(27)9-21-8-11/h1-6,10-12,21,23,27H,7-9H2,(H,24,25)/t11-,12+/m0/s1. The normalized spacial score (nSPS) is 20.4. The molecule has 4 N–H and O–H groups in total. The van der Waals surface area contributed by atoms with Crippen LogP contribution >= 0.6 is 11.6 Å². The number of para-hydroxylation sites is 1. The lowest BCUT2D eigenvalue weighted by Gasteiger charge is -2.28. The zero-order chi connectivity index (χ0) is 18.4. The molecule has 1 aromatic carbocycles. The summed E-state index contributed by atoms with van der Waals surface area (Å²) in [5.41, 5.74) is 3.33. The summed E-state index contributed by atoms with van der Waals surface area (Å²) in [6.45, 7) is 1.38. The van der Waals surface area contributed by atoms with Crippen LogP contribution in [0.4, 0.5) is 5.82 Å². The molecule has 0 bridgehead atoms. The quantitative estimate of drug-likeness (QED) is 0.437. The molecule has 0 unspecified atom stereocenters. The Labute approximate surface area is 160 Å². The highest BCUT2D eigenvalue weighted by atomic mass is 35.5. The van der Waals surface area contributed by atoms with Crippen LogP contribution in [-0.2, 0) is 0 Å². The topological polar surface area (TPSA) is 90.3 Å². The Kier molecular flexibility index (Phi) is 4.00. The fourth-order valence-corrected chi connectivity index (χ4v) is 4.00. The lowest BCUT2D eigenvalue weighted by molar-refractivity contribution is 0.136. The van der Waals surface area contributed by atoms with E-state index in [0.29, 0.717) is 35.3 Å². The number of imidazole rings is 1. The molecule has 2 atom stereocenters. The Morgan fingerprint density at radius 2 is 2.15 bits per heavy atom. The molecule has 7 nitrogen and oxygen atoms in total. The number of benzene rings is 1. The highest BCUT2D eigenvalue weighted by Gasteiger charge is 2.23. The number of aromatic amines is 1. The van der Waals surface area contributed by atoms with Gasteiger partial charge in [-0.05, 0) is 12.5 Å². The van der Waals surface area contributed by atoms with Crippen molar-refractivity contribution >= 4 is 34.0 Å². The maximum absolute atomic E-state index is 9.93. The maximum atomic E-state index is 9.93. The molecule has 0 aliphatic carbocycles. The van der Waals surface area contributed by atoms with Gasteiger partial charge in [-0.1, -0.05) is 29.8 Å². The summed E-state index contributed by atoms with van der Waals surface area (Å²) >= 11 is 6.68. The number of piperidine rings is 1. The van der Waals surface area contributed by atoms with Gasteiger partial charge in [-0.2, -0.15) is 0 Å². The lowest BCUT2D eigenvalue weighted by Crippen LogP contribution is -2.45. The molecule has 0 radical (unpaired) electrons. The fourth-order valence-electron chi connectivity index (χ4n) is 3.72. The van der Waals surface area contributed by atoms with Gasteiger partial charge >= 0.3 is 0 Å². The Morgan fingerprint density at radius 3 is 3.04 bits per heavy atom. The second kappa shape index (κ2) is 6.53. The maximum Gasteiger partial charge on any atom is 0.181 e. The van der Waals surface area contributed by atoms with E-state index >= 15 is 0 Å². The van der Waals surface area contributed by atoms with Gasteiger partial charge in [0, 0.05) is 54.2 Å². The summed E-state index contributed by atoms with van der Waals surface area (Å²) < 4.78 is 1.83. The molecule has 1 fully saturated rings. The third-order valence-corrected chi connectivity index (χ3v) is 5.36. The first-order valence-corrected chi connectivity index (χ1v) is 9.33. The van der Waals surface area contributed by atoms with Crippen LogP contribution in [0.15, 0.2) is 42.9 Å². The number of β-amino-alcohol motifs (C(OH)–C–C–N with tert-alkyl or cyclic N) is 1. The molecule has 27 heavy (non-hydrogen) atoms. The monoisotopic (exact) mass is 382 g/mol. The molecule has 4 aromatic rings. The van der Waals surface area contributed by atoms with Gasteiger partial charge in [-0.15, -0.1) is 0 Å². The van der Waals surface area contributed by atoms with Gasteiger partial charge in [0.05, 0.1) is 6.10 Å². The minimum Gasteiger partial charge on any atom is -0.392 e. The number of hydrogen-bond acceptors (Lipinski definition) is 5. The summed E-state index contributed by atoms with van der Waals surface area (Å²) in [6.07, 6.45) is 5.76. The van der Waals surface area contributed by atoms with E-state index in [1.807, 2.05) is 41.1 Å². The minimum atomic E-state index is -0.368. The first kappa shape index (κ1) is 16.6. The van der Waals surface area contributed by atoms with Crippen LogP contribution in [0.2, 0.25) is 5.15 Å². The van der Waals surface area contributed by atoms with Crippen molar-refractivity contribution in [1.82, 2.24) is 24.7 Å². The Hall–Kier alpha value is -2.61. The van der Waals surface area contributed by atoms with Crippen molar-refractivity contribution in [1.29, 1.82) is 0 Å². The van der Waals surface area contributed by atoms with Crippen molar-refractivity contribution in [2.24, 2.45) is 0 Å². The van der Waals surface area contributed by atoms with Crippen molar-refractivity contribution in [3.05, 3.63) is 48.0 Å². The van der Waals surface area contributed by atoms with Gasteiger partial charge in [0.15, 0.2) is 11.5 Å². The first-order valence-electron chi connectivity index (χ1n) is 8.95. The molecule has 1 aliphatic heterocycles. The molecular formula is C19H19ClN6O. The third kappa shape index (κ3) is 2.84. The number of aromatic nitrogens is 4. The van der Waals surface area contributed by atoms with Gasteiger partial charge in [0.1, 0.15) is 10.8 Å². The molecule has 0 saturated carbocycles. The molecular weight excluding hydrogens is 364 g/mol. The number of aliphatic hydroxyl groups excluding tert-OH is 1. The second-order valence-electron chi connectivity index (χ2n) is 6.86. The average Bonchev–Trinajstić information content (AvgIpc) is 3.32. The second-order valence-corrected chi connectivity index (χ2v) is 7.22. The smallest absolute Gasteiger partial charge is 0.181 e. The number of nitrogens with zero attached hydrogens (tertiary/aromatic N) is 3. The van der Waals surface area contributed by atoms with Crippen molar-refractivity contribution in [3.8, 4) is 11.3 Å². The van der Waals surface area contributed by atoms with Crippen molar-refractivity contribution < 1.29 is 5.11 Å². The predicted octanol–water partition coefficient (Wildman–Crippen LogP) is 2.67. The van der Waals surface area contributed by atoms with E-state index in [1.54, 1.807) is 6.20 Å². The Bertz CT molecular complexity index is 1120. The lowest BCUT2D eigenvalue weighted by atomic mass is 10.1. The molecule has 0 amide bonds. The number of halogens is 1. The van der Waals surface area contributed by atoms with E-state index in [4.69, 9.17) is 16.6 Å². The van der Waals surface area contributed by atoms with Crippen LogP contribution < -0.4 is 10.6 Å². The Morgan fingerprint density at radius 1 is 1.26 bits per heavy atom. The summed E-state index contributed by atoms with van der Waals surface area (Å²) in [5, 5.41) is 18.2. The van der Waals surface area contributed by atoms with E-state index in [1.165, 1.54) is 0 Å². The fraction of sp³-hybridized carbons (Fsp3) is 0.263. The summed E-state index contributed by atoms with van der Waals surface area (Å²) in [6, 6.07) is 8.13. The van der Waals surface area contributed by atoms with Crippen LogP contribution in [0.5, 0.6) is 0 Å². The molecule has 1 saturated heterocycles. The largest absolute Gasteiger partial charge is 0.392 e. The van der Waals surface area contributed by atoms with Crippen LogP contribution in [-0.4, -0.2) is 49.7 Å². The summed E-state index contributed by atoms with van der Waals surface area (Å²) in [4.78, 5) is 12.5. The molecule has 1 aliphatic rings. The van der Waals surface area contributed by atoms with E-state index < -0.39 is 0 Å². The number of nitrogens with one attached hydrogen (secondary N) is 3. The summed E-state index contributed by atoms with van der Waals surface area (Å²) in [7, 11) is 0. The molecule has 4 heterocycles. The predicted molar refractivity (Wildman–Crippen MR) is 106 cm³/mol. The first-order chi connectivity index (χ1) is 13.2. The van der Waals surface area contributed by atoms with Gasteiger partial charge in [0.25, 0.3) is 0 Å². The highest BCUT2D eigenvalue weighted by Crippen LogP contribution is 2.34. The minimum absolute atomic E-state index is 0.0683. The van der Waals surface area contributed by atoms with E-state index in [0.717, 1.165) is 23.0 Å². The zero-order valence-corrected chi connectivity index (χ0v) is 15.2. The SMILES string of the molecule is O[C@H]1CNC[C@@H](Nc2nc(-c3c[nH]c4ccccc34)c(Cl)n3ccnc23)C1. The number of anilines is 1. The molecule has 3 aromatic heterocycles. The van der Waals surface area contributed by atoms with Crippen LogP contribution in [0.3, 0.4) is 0 Å². The van der Waals surface area contributed by atoms with Gasteiger partial charge in [-0.25, -0.2) is 9.97 Å². The number of hydrogen-bond donors (Lipinski definition) is 4.